The van der Waals surface area contributed by atoms with Crippen LogP contribution in [0, 0.1) is 52.8 Å². The predicted octanol–water partition coefficient (Wildman–Crippen LogP) is 2.54. The number of hydrogen-bond donors (Lipinski definition) is 0. The molecule has 0 amide bonds. The zero-order valence-electron chi connectivity index (χ0n) is 11.0. The second-order valence-corrected chi connectivity index (χ2v) is 6.86. The molecule has 4 saturated carbocycles. The quantitative estimate of drug-likeness (QED) is 0.434. The molecule has 0 aromatic carbocycles. The molecule has 8 atom stereocenters. The molecule has 0 aromatic rings. The van der Waals surface area contributed by atoms with Crippen molar-refractivity contribution in [2.24, 2.45) is 41.4 Å². The number of carbonyl (C=O) groups is 1. The van der Waals surface area contributed by atoms with Crippen LogP contribution < -0.4 is 0 Å². The van der Waals surface area contributed by atoms with Gasteiger partial charge in [0.25, 0.3) is 0 Å². The molecule has 0 heterocycles. The van der Waals surface area contributed by atoms with Crippen molar-refractivity contribution in [3.63, 3.8) is 0 Å². The fourth-order valence-corrected chi connectivity index (χ4v) is 6.02. The van der Waals surface area contributed by atoms with E-state index in [0.717, 1.165) is 30.6 Å². The van der Waals surface area contributed by atoms with Gasteiger partial charge in [-0.15, -0.1) is 0 Å². The molecule has 4 aliphatic carbocycles. The van der Waals surface area contributed by atoms with Crippen LogP contribution >= 0.6 is 0 Å². The van der Waals surface area contributed by atoms with Crippen LogP contribution in [-0.2, 0) is 9.53 Å². The number of ether oxygens (including phenoxy) is 1. The summed E-state index contributed by atoms with van der Waals surface area (Å²) < 4.78 is 5.54. The lowest BCUT2D eigenvalue weighted by Gasteiger charge is -2.39. The van der Waals surface area contributed by atoms with E-state index < -0.39 is 0 Å². The van der Waals surface area contributed by atoms with Crippen molar-refractivity contribution >= 4 is 5.97 Å². The summed E-state index contributed by atoms with van der Waals surface area (Å²) in [6.07, 6.45) is 6.00. The van der Waals surface area contributed by atoms with Gasteiger partial charge in [0.15, 0.2) is 0 Å². The van der Waals surface area contributed by atoms with E-state index in [1.54, 1.807) is 0 Å². The number of nitriles is 1. The zero-order valence-corrected chi connectivity index (χ0v) is 11.0. The van der Waals surface area contributed by atoms with Gasteiger partial charge in [0, 0.05) is 12.0 Å². The molecule has 100 valence electrons. The van der Waals surface area contributed by atoms with E-state index in [0.29, 0.717) is 17.8 Å². The average Bonchev–Trinajstić information content (AvgIpc) is 3.14. The first-order valence-corrected chi connectivity index (χ1v) is 7.45. The normalized spacial score (nSPS) is 52.8. The topological polar surface area (TPSA) is 50.1 Å². The van der Waals surface area contributed by atoms with Crippen LogP contribution in [0.25, 0.3) is 0 Å². The van der Waals surface area contributed by atoms with Crippen molar-refractivity contribution in [3.05, 3.63) is 12.7 Å². The lowest BCUT2D eigenvalue weighted by atomic mass is 9.67. The standard InChI is InChI=1S/C16H19NO2/c1-2-14(18)19-13-6-9-5-12(13)16-11-4-8(15(9)16)3-10(11)7-17/h2,8-13,15-16H,1,3-6H2. The maximum absolute atomic E-state index is 11.4. The minimum Gasteiger partial charge on any atom is -0.459 e. The molecule has 0 saturated heterocycles. The number of carbonyl (C=O) groups excluding carboxylic acids is 1. The Morgan fingerprint density at radius 3 is 2.63 bits per heavy atom. The molecule has 19 heavy (non-hydrogen) atoms. The van der Waals surface area contributed by atoms with Crippen LogP contribution in [0.2, 0.25) is 0 Å². The molecule has 0 radical (unpaired) electrons. The number of fused-ring (bicyclic) bond motifs is 9. The summed E-state index contributed by atoms with van der Waals surface area (Å²) >= 11 is 0. The summed E-state index contributed by atoms with van der Waals surface area (Å²) in [6, 6.07) is 2.51. The molecule has 8 unspecified atom stereocenters. The Hall–Kier alpha value is -1.30. The second-order valence-electron chi connectivity index (χ2n) is 6.86. The van der Waals surface area contributed by atoms with Gasteiger partial charge in [-0.25, -0.2) is 4.79 Å². The molecule has 4 bridgehead atoms. The molecule has 3 heteroatoms. The highest BCUT2D eigenvalue weighted by Gasteiger charge is 2.65. The third-order valence-corrected chi connectivity index (χ3v) is 6.36. The molecule has 3 nitrogen and oxygen atoms in total. The molecule has 4 fully saturated rings. The first kappa shape index (κ1) is 11.5. The Labute approximate surface area is 113 Å². The Kier molecular flexibility index (Phi) is 2.33. The number of nitrogens with zero attached hydrogens (tertiary/aromatic N) is 1. The summed E-state index contributed by atoms with van der Waals surface area (Å²) in [5.74, 6) is 4.10. The highest BCUT2D eigenvalue weighted by atomic mass is 16.5. The monoisotopic (exact) mass is 257 g/mol. The van der Waals surface area contributed by atoms with Crippen LogP contribution in [0.4, 0.5) is 0 Å². The fourth-order valence-electron chi connectivity index (χ4n) is 6.02. The predicted molar refractivity (Wildman–Crippen MR) is 68.6 cm³/mol. The number of esters is 1. The van der Waals surface area contributed by atoms with E-state index in [4.69, 9.17) is 4.74 Å². The minimum absolute atomic E-state index is 0.0930. The Morgan fingerprint density at radius 2 is 1.89 bits per heavy atom. The maximum atomic E-state index is 11.4. The molecule has 0 N–H and O–H groups in total. The van der Waals surface area contributed by atoms with Gasteiger partial charge < -0.3 is 4.74 Å². The Bertz CT molecular complexity index is 480. The van der Waals surface area contributed by atoms with Crippen LogP contribution in [0.3, 0.4) is 0 Å². The third kappa shape index (κ3) is 1.40. The molecular formula is C16H19NO2. The van der Waals surface area contributed by atoms with Crippen molar-refractivity contribution in [1.82, 2.24) is 0 Å². The molecule has 4 aliphatic rings. The van der Waals surface area contributed by atoms with Crippen LogP contribution in [0.15, 0.2) is 12.7 Å². The summed E-state index contributed by atoms with van der Waals surface area (Å²) in [4.78, 5) is 11.4. The Balaban J connectivity index is 1.56. The van der Waals surface area contributed by atoms with Gasteiger partial charge in [0.05, 0.1) is 6.07 Å². The van der Waals surface area contributed by atoms with Crippen molar-refractivity contribution in [2.45, 2.75) is 31.8 Å². The van der Waals surface area contributed by atoms with E-state index in [1.165, 1.54) is 18.9 Å². The van der Waals surface area contributed by atoms with Gasteiger partial charge in [-0.1, -0.05) is 6.58 Å². The van der Waals surface area contributed by atoms with Gasteiger partial charge in [-0.2, -0.15) is 5.26 Å². The lowest BCUT2D eigenvalue weighted by Crippen LogP contribution is -2.39. The van der Waals surface area contributed by atoms with E-state index in [1.807, 2.05) is 0 Å². The van der Waals surface area contributed by atoms with Crippen LogP contribution in [-0.4, -0.2) is 12.1 Å². The molecule has 0 aliphatic heterocycles. The van der Waals surface area contributed by atoms with Crippen molar-refractivity contribution in [3.8, 4) is 6.07 Å². The first-order chi connectivity index (χ1) is 9.22. The van der Waals surface area contributed by atoms with Crippen molar-refractivity contribution in [1.29, 1.82) is 5.26 Å². The smallest absolute Gasteiger partial charge is 0.330 e. The molecular weight excluding hydrogens is 238 g/mol. The van der Waals surface area contributed by atoms with Crippen LogP contribution in [0.5, 0.6) is 0 Å². The van der Waals surface area contributed by atoms with Gasteiger partial charge >= 0.3 is 5.97 Å². The van der Waals surface area contributed by atoms with Gasteiger partial charge in [0.1, 0.15) is 6.10 Å². The highest BCUT2D eigenvalue weighted by Crippen LogP contribution is 2.69. The van der Waals surface area contributed by atoms with E-state index in [9.17, 15) is 10.1 Å². The largest absolute Gasteiger partial charge is 0.459 e. The van der Waals surface area contributed by atoms with E-state index >= 15 is 0 Å². The molecule has 0 spiro atoms. The minimum atomic E-state index is -0.283. The van der Waals surface area contributed by atoms with Gasteiger partial charge in [0.2, 0.25) is 0 Å². The SMILES string of the molecule is C=CC(=O)OC1CC2CC1C1C3CC(CC3C#N)C21. The fraction of sp³-hybridized carbons (Fsp3) is 0.750. The molecule has 4 rings (SSSR count). The number of rotatable bonds is 2. The van der Waals surface area contributed by atoms with Gasteiger partial charge in [-0.05, 0) is 61.2 Å². The average molecular weight is 257 g/mol. The Morgan fingerprint density at radius 1 is 1.16 bits per heavy atom. The van der Waals surface area contributed by atoms with E-state index in [-0.39, 0.29) is 18.0 Å². The maximum Gasteiger partial charge on any atom is 0.330 e. The summed E-state index contributed by atoms with van der Waals surface area (Å²) in [6.45, 7) is 3.48. The van der Waals surface area contributed by atoms with E-state index in [2.05, 4.69) is 12.6 Å². The summed E-state index contributed by atoms with van der Waals surface area (Å²) in [5, 5.41) is 9.28. The van der Waals surface area contributed by atoms with Crippen LogP contribution in [0.1, 0.15) is 25.7 Å². The summed E-state index contributed by atoms with van der Waals surface area (Å²) in [7, 11) is 0. The van der Waals surface area contributed by atoms with Gasteiger partial charge in [-0.3, -0.25) is 0 Å². The summed E-state index contributed by atoms with van der Waals surface area (Å²) in [5.41, 5.74) is 0. The van der Waals surface area contributed by atoms with Crippen molar-refractivity contribution < 1.29 is 9.53 Å². The lowest BCUT2D eigenvalue weighted by molar-refractivity contribution is -0.148. The third-order valence-electron chi connectivity index (χ3n) is 6.36. The first-order valence-electron chi connectivity index (χ1n) is 7.45. The number of hydrogen-bond acceptors (Lipinski definition) is 3. The molecule has 0 aromatic heterocycles. The van der Waals surface area contributed by atoms with Crippen molar-refractivity contribution in [2.75, 3.05) is 0 Å². The zero-order chi connectivity index (χ0) is 13.1. The second kappa shape index (κ2) is 3.85. The highest BCUT2D eigenvalue weighted by molar-refractivity contribution is 5.81.